The van der Waals surface area contributed by atoms with Gasteiger partial charge in [-0.15, -0.1) is 11.3 Å². The fraction of sp³-hybridized carbons (Fsp3) is 0.368. The van der Waals surface area contributed by atoms with E-state index >= 15 is 0 Å². The molecule has 0 amide bonds. The maximum absolute atomic E-state index is 12.5. The van der Waals surface area contributed by atoms with Crippen LogP contribution in [0.4, 0.5) is 11.6 Å². The Bertz CT molecular complexity index is 1090. The summed E-state index contributed by atoms with van der Waals surface area (Å²) in [5, 5.41) is 10.6. The number of nitrogens with zero attached hydrogens (tertiary/aromatic N) is 2. The van der Waals surface area contributed by atoms with Gasteiger partial charge in [0.2, 0.25) is 0 Å². The molecule has 28 heavy (non-hydrogen) atoms. The van der Waals surface area contributed by atoms with Gasteiger partial charge in [0.05, 0.1) is 10.6 Å². The van der Waals surface area contributed by atoms with Gasteiger partial charge < -0.3 is 5.32 Å². The fourth-order valence-electron chi connectivity index (χ4n) is 2.83. The zero-order chi connectivity index (χ0) is 19.9. The van der Waals surface area contributed by atoms with Crippen molar-refractivity contribution in [1.82, 2.24) is 19.9 Å². The van der Waals surface area contributed by atoms with Gasteiger partial charge in [0.25, 0.3) is 10.0 Å². The van der Waals surface area contributed by atoms with Crippen molar-refractivity contribution >= 4 is 33.0 Å². The Morgan fingerprint density at radius 1 is 1.14 bits per heavy atom. The second kappa shape index (κ2) is 6.98. The molecule has 0 unspecified atom stereocenters. The van der Waals surface area contributed by atoms with Crippen molar-refractivity contribution in [2.24, 2.45) is 0 Å². The summed E-state index contributed by atoms with van der Waals surface area (Å²) in [5.74, 6) is 2.00. The molecule has 1 fully saturated rings. The number of rotatable bonds is 6. The SMILES string of the molecule is CC(C)(C)NS(=O)(=O)c1ccc(-c2cccc(Nc3cc(C4CC4)[nH]n3)n2)s1. The van der Waals surface area contributed by atoms with Crippen molar-refractivity contribution in [2.75, 3.05) is 5.32 Å². The minimum Gasteiger partial charge on any atom is -0.323 e. The van der Waals surface area contributed by atoms with Crippen molar-refractivity contribution in [3.05, 3.63) is 42.1 Å². The minimum absolute atomic E-state index is 0.277. The topological polar surface area (TPSA) is 99.8 Å². The van der Waals surface area contributed by atoms with Crippen molar-refractivity contribution in [3.8, 4) is 10.6 Å². The maximum Gasteiger partial charge on any atom is 0.250 e. The predicted octanol–water partition coefficient (Wildman–Crippen LogP) is 4.23. The number of H-pyrrole nitrogens is 1. The summed E-state index contributed by atoms with van der Waals surface area (Å²) in [5.41, 5.74) is 1.33. The monoisotopic (exact) mass is 417 g/mol. The highest BCUT2D eigenvalue weighted by molar-refractivity contribution is 7.91. The summed E-state index contributed by atoms with van der Waals surface area (Å²) in [6, 6.07) is 11.0. The largest absolute Gasteiger partial charge is 0.323 e. The molecular weight excluding hydrogens is 394 g/mol. The van der Waals surface area contributed by atoms with Gasteiger partial charge in [-0.25, -0.2) is 18.1 Å². The lowest BCUT2D eigenvalue weighted by Crippen LogP contribution is -2.40. The van der Waals surface area contributed by atoms with Crippen molar-refractivity contribution < 1.29 is 8.42 Å². The Morgan fingerprint density at radius 2 is 1.93 bits per heavy atom. The molecule has 1 saturated carbocycles. The van der Waals surface area contributed by atoms with Crippen LogP contribution in [0, 0.1) is 0 Å². The number of hydrogen-bond donors (Lipinski definition) is 3. The van der Waals surface area contributed by atoms with Gasteiger partial charge in [0.15, 0.2) is 5.82 Å². The van der Waals surface area contributed by atoms with Crippen LogP contribution in [0.25, 0.3) is 10.6 Å². The Labute approximate surface area is 168 Å². The molecule has 3 N–H and O–H groups in total. The maximum atomic E-state index is 12.5. The number of anilines is 2. The van der Waals surface area contributed by atoms with E-state index in [1.54, 1.807) is 12.1 Å². The lowest BCUT2D eigenvalue weighted by atomic mass is 10.1. The van der Waals surface area contributed by atoms with E-state index < -0.39 is 15.6 Å². The van der Waals surface area contributed by atoms with Gasteiger partial charge in [-0.3, -0.25) is 5.10 Å². The molecule has 0 saturated heterocycles. The Hall–Kier alpha value is -2.23. The van der Waals surface area contributed by atoms with E-state index in [9.17, 15) is 8.42 Å². The molecule has 148 valence electrons. The average molecular weight is 418 g/mol. The van der Waals surface area contributed by atoms with Crippen LogP contribution < -0.4 is 10.0 Å². The zero-order valence-electron chi connectivity index (χ0n) is 16.0. The molecule has 0 radical (unpaired) electrons. The highest BCUT2D eigenvalue weighted by Crippen LogP contribution is 2.39. The van der Waals surface area contributed by atoms with Crippen LogP contribution in [0.1, 0.15) is 45.2 Å². The van der Waals surface area contributed by atoms with Gasteiger partial charge >= 0.3 is 0 Å². The number of pyridine rings is 1. The average Bonchev–Trinajstić information content (AvgIpc) is 3.14. The number of thiophene rings is 1. The lowest BCUT2D eigenvalue weighted by molar-refractivity contribution is 0.492. The highest BCUT2D eigenvalue weighted by Gasteiger charge is 2.26. The molecule has 1 aliphatic carbocycles. The predicted molar refractivity (Wildman–Crippen MR) is 111 cm³/mol. The number of aromatic nitrogens is 3. The number of nitrogens with one attached hydrogen (secondary N) is 3. The quantitative estimate of drug-likeness (QED) is 0.557. The molecular formula is C19H23N5O2S2. The molecule has 0 bridgehead atoms. The van der Waals surface area contributed by atoms with Crippen LogP contribution in [-0.2, 0) is 10.0 Å². The van der Waals surface area contributed by atoms with E-state index in [2.05, 4.69) is 25.2 Å². The van der Waals surface area contributed by atoms with E-state index in [4.69, 9.17) is 0 Å². The highest BCUT2D eigenvalue weighted by atomic mass is 32.2. The molecule has 3 aromatic heterocycles. The number of hydrogen-bond acceptors (Lipinski definition) is 6. The van der Waals surface area contributed by atoms with Gasteiger partial charge in [0.1, 0.15) is 10.0 Å². The molecule has 9 heteroatoms. The van der Waals surface area contributed by atoms with Gasteiger partial charge in [-0.05, 0) is 57.9 Å². The molecule has 0 atom stereocenters. The van der Waals surface area contributed by atoms with E-state index in [0.717, 1.165) is 16.4 Å². The third-order valence-corrected chi connectivity index (χ3v) is 7.52. The smallest absolute Gasteiger partial charge is 0.250 e. The van der Waals surface area contributed by atoms with Crippen LogP contribution in [0.15, 0.2) is 40.6 Å². The zero-order valence-corrected chi connectivity index (χ0v) is 17.6. The Morgan fingerprint density at radius 3 is 2.64 bits per heavy atom. The lowest BCUT2D eigenvalue weighted by Gasteiger charge is -2.19. The molecule has 0 aliphatic heterocycles. The molecule has 7 nitrogen and oxygen atoms in total. The molecule has 1 aliphatic rings. The molecule has 4 rings (SSSR count). The second-order valence-corrected chi connectivity index (χ2v) is 11.0. The summed E-state index contributed by atoms with van der Waals surface area (Å²) in [7, 11) is -3.55. The summed E-state index contributed by atoms with van der Waals surface area (Å²) < 4.78 is 28.0. The third-order valence-electron chi connectivity index (χ3n) is 4.16. The summed E-state index contributed by atoms with van der Waals surface area (Å²) in [4.78, 5) is 5.40. The van der Waals surface area contributed by atoms with Crippen molar-refractivity contribution in [3.63, 3.8) is 0 Å². The molecule has 0 spiro atoms. The van der Waals surface area contributed by atoms with Crippen molar-refractivity contribution in [1.29, 1.82) is 0 Å². The molecule has 3 aromatic rings. The summed E-state index contributed by atoms with van der Waals surface area (Å²) in [6.45, 7) is 5.46. The Kier molecular flexibility index (Phi) is 4.76. The first-order chi connectivity index (χ1) is 13.2. The molecule has 3 heterocycles. The normalized spacial score (nSPS) is 15.0. The fourth-order valence-corrected chi connectivity index (χ4v) is 5.53. The number of aromatic amines is 1. The first-order valence-corrected chi connectivity index (χ1v) is 11.4. The van der Waals surface area contributed by atoms with E-state index in [-0.39, 0.29) is 4.21 Å². The minimum atomic E-state index is -3.55. The van der Waals surface area contributed by atoms with E-state index in [1.165, 1.54) is 24.2 Å². The summed E-state index contributed by atoms with van der Waals surface area (Å²) >= 11 is 1.20. The third kappa shape index (κ3) is 4.43. The Balaban J connectivity index is 1.53. The van der Waals surface area contributed by atoms with Crippen LogP contribution in [0.2, 0.25) is 0 Å². The van der Waals surface area contributed by atoms with Crippen LogP contribution in [0.5, 0.6) is 0 Å². The van der Waals surface area contributed by atoms with Crippen molar-refractivity contribution in [2.45, 2.75) is 49.3 Å². The van der Waals surface area contributed by atoms with Crippen LogP contribution in [0.3, 0.4) is 0 Å². The number of sulfonamides is 1. The summed E-state index contributed by atoms with van der Waals surface area (Å²) in [6.07, 6.45) is 2.42. The van der Waals surface area contributed by atoms with E-state index in [1.807, 2.05) is 45.0 Å². The van der Waals surface area contributed by atoms with E-state index in [0.29, 0.717) is 17.4 Å². The van der Waals surface area contributed by atoms with Gasteiger partial charge in [-0.2, -0.15) is 5.10 Å². The first-order valence-electron chi connectivity index (χ1n) is 9.13. The van der Waals surface area contributed by atoms with Gasteiger partial charge in [0, 0.05) is 23.2 Å². The van der Waals surface area contributed by atoms with Crippen LogP contribution >= 0.6 is 11.3 Å². The molecule has 0 aromatic carbocycles. The first kappa shape index (κ1) is 19.1. The standard InChI is InChI=1S/C19H23N5O2S2/c1-19(2,3)24-28(25,26)18-10-9-15(27-18)13-5-4-6-16(20-13)21-17-11-14(22-23-17)12-7-8-12/h4-6,9-12,24H,7-8H2,1-3H3,(H2,20,21,22,23). The van der Waals surface area contributed by atoms with Gasteiger partial charge in [-0.1, -0.05) is 6.07 Å². The van der Waals surface area contributed by atoms with Crippen LogP contribution in [-0.4, -0.2) is 29.1 Å². The second-order valence-electron chi connectivity index (χ2n) is 7.99.